The van der Waals surface area contributed by atoms with Gasteiger partial charge >= 0.3 is 0 Å². The van der Waals surface area contributed by atoms with Gasteiger partial charge in [-0.3, -0.25) is 4.79 Å². The number of benzene rings is 1. The van der Waals surface area contributed by atoms with E-state index in [9.17, 15) is 4.79 Å². The van der Waals surface area contributed by atoms with Crippen molar-refractivity contribution in [2.75, 3.05) is 7.11 Å². The number of allylic oxidation sites excluding steroid dienone is 2. The van der Waals surface area contributed by atoms with Crippen LogP contribution < -0.4 is 4.74 Å². The summed E-state index contributed by atoms with van der Waals surface area (Å²) in [6, 6.07) is 7.57. The first-order valence-corrected chi connectivity index (χ1v) is 5.61. The summed E-state index contributed by atoms with van der Waals surface area (Å²) in [5, 5.41) is 0. The van der Waals surface area contributed by atoms with Crippen LogP contribution >= 0.6 is 0 Å². The van der Waals surface area contributed by atoms with Crippen LogP contribution in [-0.4, -0.2) is 13.4 Å². The summed E-state index contributed by atoms with van der Waals surface area (Å²) in [6.07, 6.45) is 6.10. The molecule has 1 rings (SSSR count). The molecular formula is C14H18O2. The second-order valence-electron chi connectivity index (χ2n) is 3.65. The lowest BCUT2D eigenvalue weighted by Crippen LogP contribution is -1.88. The fourth-order valence-corrected chi connectivity index (χ4v) is 1.50. The summed E-state index contributed by atoms with van der Waals surface area (Å²) in [6.45, 7) is 2.14. The van der Waals surface area contributed by atoms with Crippen LogP contribution in [0, 0.1) is 0 Å². The van der Waals surface area contributed by atoms with Gasteiger partial charge in [0.2, 0.25) is 0 Å². The summed E-state index contributed by atoms with van der Waals surface area (Å²) < 4.78 is 5.13. The van der Waals surface area contributed by atoms with Gasteiger partial charge in [-0.1, -0.05) is 38.0 Å². The van der Waals surface area contributed by atoms with Gasteiger partial charge in [0.25, 0.3) is 0 Å². The molecule has 0 radical (unpaired) electrons. The van der Waals surface area contributed by atoms with Crippen molar-refractivity contribution < 1.29 is 9.53 Å². The largest absolute Gasteiger partial charge is 0.497 e. The smallest absolute Gasteiger partial charge is 0.150 e. The molecule has 16 heavy (non-hydrogen) atoms. The Labute approximate surface area is 96.9 Å². The average molecular weight is 218 g/mol. The van der Waals surface area contributed by atoms with E-state index in [0.29, 0.717) is 0 Å². The van der Waals surface area contributed by atoms with Crippen LogP contribution in [0.2, 0.25) is 0 Å². The molecule has 0 aliphatic rings. The number of methoxy groups -OCH3 is 1. The predicted octanol–water partition coefficient (Wildman–Crippen LogP) is 3.47. The highest BCUT2D eigenvalue weighted by atomic mass is 16.5. The van der Waals surface area contributed by atoms with Crippen molar-refractivity contribution in [2.45, 2.75) is 26.2 Å². The molecule has 2 nitrogen and oxygen atoms in total. The van der Waals surface area contributed by atoms with Crippen LogP contribution in [0.3, 0.4) is 0 Å². The quantitative estimate of drug-likeness (QED) is 0.415. The number of ether oxygens (including phenoxy) is 1. The molecule has 0 amide bonds. The van der Waals surface area contributed by atoms with Gasteiger partial charge in [0.1, 0.15) is 12.0 Å². The molecule has 0 atom stereocenters. The first-order valence-electron chi connectivity index (χ1n) is 5.61. The Kier molecular flexibility index (Phi) is 5.34. The van der Waals surface area contributed by atoms with Crippen molar-refractivity contribution in [1.29, 1.82) is 0 Å². The van der Waals surface area contributed by atoms with E-state index >= 15 is 0 Å². The van der Waals surface area contributed by atoms with Crippen molar-refractivity contribution in [3.05, 3.63) is 35.9 Å². The zero-order valence-corrected chi connectivity index (χ0v) is 9.90. The summed E-state index contributed by atoms with van der Waals surface area (Å²) in [4.78, 5) is 11.0. The van der Waals surface area contributed by atoms with Gasteiger partial charge in [-0.25, -0.2) is 0 Å². The predicted molar refractivity (Wildman–Crippen MR) is 66.6 cm³/mol. The molecule has 0 spiro atoms. The molecule has 0 N–H and O–H groups in total. The first kappa shape index (κ1) is 12.5. The molecule has 1 aromatic rings. The molecule has 0 saturated carbocycles. The van der Waals surface area contributed by atoms with Crippen LogP contribution in [0.15, 0.2) is 30.3 Å². The average Bonchev–Trinajstić information content (AvgIpc) is 2.35. The highest BCUT2D eigenvalue weighted by Gasteiger charge is 2.01. The van der Waals surface area contributed by atoms with E-state index in [2.05, 4.69) is 6.92 Å². The highest BCUT2D eigenvalue weighted by molar-refractivity contribution is 6.06. The summed E-state index contributed by atoms with van der Waals surface area (Å²) in [7, 11) is 1.63. The lowest BCUT2D eigenvalue weighted by Gasteiger charge is -2.04. The van der Waals surface area contributed by atoms with Gasteiger partial charge in [0, 0.05) is 5.57 Å². The topological polar surface area (TPSA) is 26.3 Å². The first-order chi connectivity index (χ1) is 7.81. The van der Waals surface area contributed by atoms with E-state index in [1.165, 1.54) is 0 Å². The maximum atomic E-state index is 11.0. The highest BCUT2D eigenvalue weighted by Crippen LogP contribution is 2.19. The van der Waals surface area contributed by atoms with Crippen molar-refractivity contribution >= 4 is 11.9 Å². The number of unbranched alkanes of at least 4 members (excludes halogenated alkanes) is 2. The number of carbonyl (C=O) groups is 1. The Bertz CT molecular complexity index is 367. The number of rotatable bonds is 6. The van der Waals surface area contributed by atoms with E-state index in [0.717, 1.165) is 42.4 Å². The van der Waals surface area contributed by atoms with Gasteiger partial charge in [-0.2, -0.15) is 0 Å². The van der Waals surface area contributed by atoms with Crippen LogP contribution in [0.1, 0.15) is 31.7 Å². The van der Waals surface area contributed by atoms with Gasteiger partial charge in [0.05, 0.1) is 7.11 Å². The number of carbonyl (C=O) groups excluding carboxylic acids is 1. The molecule has 0 fully saturated rings. The molecule has 0 aliphatic carbocycles. The molecule has 0 aliphatic heterocycles. The summed E-state index contributed by atoms with van der Waals surface area (Å²) in [5.74, 6) is 0.778. The van der Waals surface area contributed by atoms with E-state index < -0.39 is 0 Å². The minimum Gasteiger partial charge on any atom is -0.497 e. The van der Waals surface area contributed by atoms with E-state index in [-0.39, 0.29) is 0 Å². The molecule has 0 bridgehead atoms. The Morgan fingerprint density at radius 2 is 2.25 bits per heavy atom. The summed E-state index contributed by atoms with van der Waals surface area (Å²) >= 11 is 0. The normalized spacial score (nSPS) is 11.2. The lowest BCUT2D eigenvalue weighted by molar-refractivity contribution is -0.103. The monoisotopic (exact) mass is 218 g/mol. The fraction of sp³-hybridized carbons (Fsp3) is 0.357. The maximum Gasteiger partial charge on any atom is 0.150 e. The van der Waals surface area contributed by atoms with Crippen LogP contribution in [0.25, 0.3) is 5.57 Å². The zero-order valence-electron chi connectivity index (χ0n) is 9.90. The lowest BCUT2D eigenvalue weighted by atomic mass is 10.0. The zero-order chi connectivity index (χ0) is 11.8. The van der Waals surface area contributed by atoms with E-state index in [1.54, 1.807) is 7.11 Å². The third-order valence-electron chi connectivity index (χ3n) is 2.45. The van der Waals surface area contributed by atoms with E-state index in [1.807, 2.05) is 30.3 Å². The minimum atomic E-state index is 0.743. The van der Waals surface area contributed by atoms with Gasteiger partial charge in [0.15, 0.2) is 0 Å². The van der Waals surface area contributed by atoms with E-state index in [4.69, 9.17) is 4.74 Å². The van der Waals surface area contributed by atoms with Gasteiger partial charge < -0.3 is 4.74 Å². The Hall–Kier alpha value is -1.57. The number of hydrogen-bond acceptors (Lipinski definition) is 2. The molecule has 86 valence electrons. The third kappa shape index (κ3) is 3.54. The van der Waals surface area contributed by atoms with Crippen molar-refractivity contribution in [3.63, 3.8) is 0 Å². The standard InChI is InChI=1S/C14H18O2/c1-3-4-5-7-13(11-15)12-8-6-9-14(10-12)16-2/h6-11H,3-5H2,1-2H3. The van der Waals surface area contributed by atoms with Crippen LogP contribution in [0.4, 0.5) is 0 Å². The minimum absolute atomic E-state index is 0.743. The Morgan fingerprint density at radius 1 is 1.44 bits per heavy atom. The summed E-state index contributed by atoms with van der Waals surface area (Å²) in [5.41, 5.74) is 1.66. The number of aldehydes is 1. The van der Waals surface area contributed by atoms with Crippen molar-refractivity contribution in [2.24, 2.45) is 0 Å². The Balaban J connectivity index is 2.85. The third-order valence-corrected chi connectivity index (χ3v) is 2.45. The van der Waals surface area contributed by atoms with Crippen LogP contribution in [-0.2, 0) is 4.79 Å². The van der Waals surface area contributed by atoms with Crippen molar-refractivity contribution in [1.82, 2.24) is 0 Å². The molecule has 0 saturated heterocycles. The molecule has 0 unspecified atom stereocenters. The van der Waals surface area contributed by atoms with Gasteiger partial charge in [-0.05, 0) is 24.1 Å². The Morgan fingerprint density at radius 3 is 2.88 bits per heavy atom. The molecule has 1 aromatic carbocycles. The maximum absolute atomic E-state index is 11.0. The molecule has 2 heteroatoms. The molecular weight excluding hydrogens is 200 g/mol. The van der Waals surface area contributed by atoms with Crippen LogP contribution in [0.5, 0.6) is 5.75 Å². The van der Waals surface area contributed by atoms with Gasteiger partial charge in [-0.15, -0.1) is 0 Å². The SMILES string of the molecule is CCCCC=C(C=O)c1cccc(OC)c1. The van der Waals surface area contributed by atoms with Crippen molar-refractivity contribution in [3.8, 4) is 5.75 Å². The second kappa shape index (κ2) is 6.83. The fourth-order valence-electron chi connectivity index (χ4n) is 1.50. The molecule has 0 aromatic heterocycles. The second-order valence-corrected chi connectivity index (χ2v) is 3.65. The number of hydrogen-bond donors (Lipinski definition) is 0. The molecule has 0 heterocycles.